The van der Waals surface area contributed by atoms with Gasteiger partial charge in [0.1, 0.15) is 5.82 Å². The van der Waals surface area contributed by atoms with Crippen LogP contribution in [0.5, 0.6) is 0 Å². The second kappa shape index (κ2) is 6.38. The molecule has 0 atom stereocenters. The Bertz CT molecular complexity index is 514. The number of nitrogens with zero attached hydrogens (tertiary/aromatic N) is 3. The van der Waals surface area contributed by atoms with E-state index >= 15 is 0 Å². The maximum absolute atomic E-state index is 4.59. The Kier molecular flexibility index (Phi) is 4.58. The van der Waals surface area contributed by atoms with Gasteiger partial charge in [-0.05, 0) is 32.5 Å². The summed E-state index contributed by atoms with van der Waals surface area (Å²) in [6.45, 7) is 7.97. The maximum Gasteiger partial charge on any atom is 0.134 e. The molecular weight excluding hydrogens is 236 g/mol. The van der Waals surface area contributed by atoms with Crippen LogP contribution in [0, 0.1) is 13.8 Å². The molecule has 0 bridgehead atoms. The van der Waals surface area contributed by atoms with Crippen molar-refractivity contribution in [2.45, 2.75) is 33.7 Å². The largest absolute Gasteiger partial charge is 0.313 e. The fourth-order valence-electron chi connectivity index (χ4n) is 2.06. The van der Waals surface area contributed by atoms with E-state index in [1.54, 1.807) is 6.20 Å². The number of nitrogens with one attached hydrogen (secondary N) is 1. The highest BCUT2D eigenvalue weighted by molar-refractivity contribution is 5.25. The topological polar surface area (TPSA) is 50.7 Å². The molecule has 2 rings (SSSR count). The summed E-state index contributed by atoms with van der Waals surface area (Å²) in [5, 5.41) is 3.32. The molecule has 2 aromatic heterocycles. The summed E-state index contributed by atoms with van der Waals surface area (Å²) in [4.78, 5) is 13.5. The lowest BCUT2D eigenvalue weighted by atomic mass is 10.1. The van der Waals surface area contributed by atoms with Gasteiger partial charge in [0.15, 0.2) is 0 Å². The Labute approximate surface area is 114 Å². The Hall–Kier alpha value is -1.81. The van der Waals surface area contributed by atoms with Crippen LogP contribution in [0.2, 0.25) is 0 Å². The monoisotopic (exact) mass is 256 g/mol. The number of aryl methyl sites for hydroxylation is 2. The van der Waals surface area contributed by atoms with E-state index in [0.29, 0.717) is 6.42 Å². The highest BCUT2D eigenvalue weighted by Crippen LogP contribution is 2.11. The Morgan fingerprint density at radius 2 is 1.84 bits per heavy atom. The average molecular weight is 256 g/mol. The van der Waals surface area contributed by atoms with Crippen molar-refractivity contribution in [2.24, 2.45) is 0 Å². The first-order valence-corrected chi connectivity index (χ1v) is 6.64. The van der Waals surface area contributed by atoms with Crippen LogP contribution in [0.1, 0.15) is 35.4 Å². The van der Waals surface area contributed by atoms with Crippen LogP contribution < -0.4 is 5.32 Å². The first-order valence-electron chi connectivity index (χ1n) is 6.64. The summed E-state index contributed by atoms with van der Waals surface area (Å²) >= 11 is 0. The molecule has 0 amide bonds. The molecule has 0 radical (unpaired) electrons. The molecule has 0 spiro atoms. The fourth-order valence-corrected chi connectivity index (χ4v) is 2.06. The van der Waals surface area contributed by atoms with E-state index in [2.05, 4.69) is 27.2 Å². The molecule has 0 aliphatic heterocycles. The minimum atomic E-state index is 0.685. The zero-order valence-corrected chi connectivity index (χ0v) is 11.8. The third-order valence-electron chi connectivity index (χ3n) is 3.08. The lowest BCUT2D eigenvalue weighted by Gasteiger charge is -2.11. The quantitative estimate of drug-likeness (QED) is 0.891. The van der Waals surface area contributed by atoms with Crippen molar-refractivity contribution in [2.75, 3.05) is 6.54 Å². The average Bonchev–Trinajstić information content (AvgIpc) is 2.39. The van der Waals surface area contributed by atoms with Gasteiger partial charge in [-0.15, -0.1) is 0 Å². The van der Waals surface area contributed by atoms with Gasteiger partial charge < -0.3 is 5.32 Å². The van der Waals surface area contributed by atoms with Crippen LogP contribution >= 0.6 is 0 Å². The van der Waals surface area contributed by atoms with E-state index in [9.17, 15) is 0 Å². The fraction of sp³-hybridized carbons (Fsp3) is 0.400. The van der Waals surface area contributed by atoms with Crippen LogP contribution in [0.4, 0.5) is 0 Å². The number of pyridine rings is 1. The van der Waals surface area contributed by atoms with Gasteiger partial charge in [-0.1, -0.05) is 13.0 Å². The maximum atomic E-state index is 4.59. The van der Waals surface area contributed by atoms with Crippen LogP contribution in [0.25, 0.3) is 0 Å². The molecular formula is C15H20N4. The first-order chi connectivity index (χ1) is 9.20. The van der Waals surface area contributed by atoms with Gasteiger partial charge in [0.25, 0.3) is 0 Å². The lowest BCUT2D eigenvalue weighted by molar-refractivity contribution is 0.705. The standard InChI is InChI=1S/C15H20N4/c1-4-16-10-14-11(2)18-15(19-12(14)3)9-13-7-5-6-8-17-13/h5-8,16H,4,9-10H2,1-3H3. The number of rotatable bonds is 5. The highest BCUT2D eigenvalue weighted by atomic mass is 14.9. The Balaban J connectivity index is 2.20. The molecule has 2 heterocycles. The van der Waals surface area contributed by atoms with E-state index in [1.165, 1.54) is 5.56 Å². The molecule has 4 heteroatoms. The van der Waals surface area contributed by atoms with Crippen molar-refractivity contribution in [1.82, 2.24) is 20.3 Å². The number of aromatic nitrogens is 3. The van der Waals surface area contributed by atoms with Crippen molar-refractivity contribution in [3.8, 4) is 0 Å². The third kappa shape index (κ3) is 3.58. The predicted octanol–water partition coefficient (Wildman–Crippen LogP) is 2.19. The molecule has 0 aliphatic rings. The predicted molar refractivity (Wildman–Crippen MR) is 75.9 cm³/mol. The van der Waals surface area contributed by atoms with Gasteiger partial charge in [0.05, 0.1) is 6.42 Å². The summed E-state index contributed by atoms with van der Waals surface area (Å²) in [6.07, 6.45) is 2.48. The minimum Gasteiger partial charge on any atom is -0.313 e. The van der Waals surface area contributed by atoms with E-state index in [-0.39, 0.29) is 0 Å². The van der Waals surface area contributed by atoms with Crippen LogP contribution in [-0.4, -0.2) is 21.5 Å². The smallest absolute Gasteiger partial charge is 0.134 e. The van der Waals surface area contributed by atoms with Crippen molar-refractivity contribution >= 4 is 0 Å². The second-order valence-electron chi connectivity index (χ2n) is 4.57. The molecule has 19 heavy (non-hydrogen) atoms. The van der Waals surface area contributed by atoms with E-state index < -0.39 is 0 Å². The summed E-state index contributed by atoms with van der Waals surface area (Å²) in [7, 11) is 0. The van der Waals surface area contributed by atoms with Gasteiger partial charge in [-0.3, -0.25) is 4.98 Å². The van der Waals surface area contributed by atoms with Crippen LogP contribution in [-0.2, 0) is 13.0 Å². The molecule has 0 saturated carbocycles. The first kappa shape index (κ1) is 13.6. The third-order valence-corrected chi connectivity index (χ3v) is 3.08. The minimum absolute atomic E-state index is 0.685. The summed E-state index contributed by atoms with van der Waals surface area (Å²) in [6, 6.07) is 5.91. The highest BCUT2D eigenvalue weighted by Gasteiger charge is 2.08. The van der Waals surface area contributed by atoms with Crippen molar-refractivity contribution in [3.63, 3.8) is 0 Å². The summed E-state index contributed by atoms with van der Waals surface area (Å²) < 4.78 is 0. The lowest BCUT2D eigenvalue weighted by Crippen LogP contribution is -2.16. The van der Waals surface area contributed by atoms with Crippen molar-refractivity contribution in [3.05, 3.63) is 52.9 Å². The molecule has 1 N–H and O–H groups in total. The van der Waals surface area contributed by atoms with Gasteiger partial charge in [-0.2, -0.15) is 0 Å². The molecule has 0 saturated heterocycles. The zero-order valence-electron chi connectivity index (χ0n) is 11.8. The van der Waals surface area contributed by atoms with Gasteiger partial charge in [0.2, 0.25) is 0 Å². The van der Waals surface area contributed by atoms with Crippen LogP contribution in [0.15, 0.2) is 24.4 Å². The summed E-state index contributed by atoms with van der Waals surface area (Å²) in [5.74, 6) is 0.842. The summed E-state index contributed by atoms with van der Waals surface area (Å²) in [5.41, 5.74) is 4.31. The van der Waals surface area contributed by atoms with E-state index in [1.807, 2.05) is 32.0 Å². The molecule has 2 aromatic rings. The zero-order chi connectivity index (χ0) is 13.7. The van der Waals surface area contributed by atoms with Gasteiger partial charge in [0, 0.05) is 35.4 Å². The molecule has 0 aliphatic carbocycles. The Morgan fingerprint density at radius 1 is 1.11 bits per heavy atom. The van der Waals surface area contributed by atoms with Crippen LogP contribution in [0.3, 0.4) is 0 Å². The SMILES string of the molecule is CCNCc1c(C)nc(Cc2ccccn2)nc1C. The molecule has 4 nitrogen and oxygen atoms in total. The van der Waals surface area contributed by atoms with Crippen molar-refractivity contribution < 1.29 is 0 Å². The van der Waals surface area contributed by atoms with E-state index in [4.69, 9.17) is 0 Å². The Morgan fingerprint density at radius 3 is 2.42 bits per heavy atom. The molecule has 100 valence electrons. The van der Waals surface area contributed by atoms with Gasteiger partial charge >= 0.3 is 0 Å². The van der Waals surface area contributed by atoms with Crippen molar-refractivity contribution in [1.29, 1.82) is 0 Å². The number of hydrogen-bond donors (Lipinski definition) is 1. The normalized spacial score (nSPS) is 10.7. The van der Waals surface area contributed by atoms with E-state index in [0.717, 1.165) is 36.0 Å². The molecule has 0 unspecified atom stereocenters. The second-order valence-corrected chi connectivity index (χ2v) is 4.57. The molecule has 0 aromatic carbocycles. The molecule has 0 fully saturated rings. The van der Waals surface area contributed by atoms with Gasteiger partial charge in [-0.25, -0.2) is 9.97 Å². The number of hydrogen-bond acceptors (Lipinski definition) is 4.